The Hall–Kier alpha value is -5.35. The van der Waals surface area contributed by atoms with E-state index in [-0.39, 0.29) is 19.3 Å². The van der Waals surface area contributed by atoms with Gasteiger partial charge in [-0.05, 0) is 148 Å². The lowest BCUT2D eigenvalue weighted by Crippen LogP contribution is -2.30. The number of ether oxygens (including phenoxy) is 3. The molecule has 0 spiro atoms. The van der Waals surface area contributed by atoms with Crippen LogP contribution in [-0.2, 0) is 55.8 Å². The second kappa shape index (κ2) is 86.0. The van der Waals surface area contributed by atoms with E-state index in [9.17, 15) is 43.5 Å². The van der Waals surface area contributed by atoms with Gasteiger partial charge in [0, 0.05) is 19.3 Å². The van der Waals surface area contributed by atoms with Crippen LogP contribution in [0.3, 0.4) is 0 Å². The largest absolute Gasteiger partial charge is 0.472 e. The molecule has 0 aliphatic carbocycles. The van der Waals surface area contributed by atoms with Gasteiger partial charge in [0.15, 0.2) is 6.10 Å². The molecule has 644 valence electrons. The van der Waals surface area contributed by atoms with Crippen molar-refractivity contribution < 1.29 is 75.8 Å². The summed E-state index contributed by atoms with van der Waals surface area (Å²) < 4.78 is 61.3. The Morgan fingerprint density at radius 2 is 0.451 bits per heavy atom. The molecule has 0 saturated carbocycles. The molecular formula is C95H158O16P2. The zero-order valence-corrected chi connectivity index (χ0v) is 72.5. The molecule has 0 aromatic rings. The van der Waals surface area contributed by atoms with Gasteiger partial charge in [0.1, 0.15) is 25.4 Å². The maximum Gasteiger partial charge on any atom is 0.472 e. The van der Waals surface area contributed by atoms with Gasteiger partial charge < -0.3 is 34.2 Å². The zero-order chi connectivity index (χ0) is 82.2. The number of allylic oxidation sites excluding steroid dienone is 30. The first-order valence-electron chi connectivity index (χ1n) is 44.1. The highest BCUT2D eigenvalue weighted by atomic mass is 31.2. The smallest absolute Gasteiger partial charge is 0.463 e. The van der Waals surface area contributed by atoms with E-state index in [1.54, 1.807) is 0 Å². The number of hydrogen-bond donors (Lipinski definition) is 4. The van der Waals surface area contributed by atoms with E-state index in [1.165, 1.54) is 128 Å². The van der Waals surface area contributed by atoms with Crippen molar-refractivity contribution in [1.82, 2.24) is 0 Å². The monoisotopic (exact) mass is 1620 g/mol. The van der Waals surface area contributed by atoms with Gasteiger partial charge in [-0.1, -0.05) is 357 Å². The fraction of sp³-hybridized carbons (Fsp3) is 0.653. The first kappa shape index (κ1) is 108. The minimum atomic E-state index is -4.96. The molecule has 18 heteroatoms. The SMILES string of the molecule is CC/C=C\C/C=C\C/C=C\C/C=C\C/C=C\CCCCCCCCCCCCCCCCCCCC(=O)OCC(O)COP(=O)(O)OCC(O)COP(=O)(O)OCC(COC(=O)CCCCCCCCCCCCC/C=C\C/C=C\C/C=C\C/C=C\C/C=C\CC)OC(=O)CCC/C=C\C/C=C\C/C=C\C/C=C\C/C=C\CC. The lowest BCUT2D eigenvalue weighted by Gasteiger charge is -2.21. The van der Waals surface area contributed by atoms with Crippen molar-refractivity contribution in [2.45, 2.75) is 360 Å². The number of phosphoric ester groups is 2. The van der Waals surface area contributed by atoms with Crippen LogP contribution in [0.5, 0.6) is 0 Å². The molecule has 0 bridgehead atoms. The lowest BCUT2D eigenvalue weighted by atomic mass is 10.0. The maximum absolute atomic E-state index is 13.0. The Morgan fingerprint density at radius 3 is 0.726 bits per heavy atom. The number of rotatable bonds is 82. The molecule has 0 rings (SSSR count). The average Bonchev–Trinajstić information content (AvgIpc) is 0.900. The van der Waals surface area contributed by atoms with Crippen molar-refractivity contribution in [2.24, 2.45) is 0 Å². The molecule has 5 atom stereocenters. The van der Waals surface area contributed by atoms with Crippen LogP contribution >= 0.6 is 15.6 Å². The Bertz CT molecular complexity index is 2780. The quantitative estimate of drug-likeness (QED) is 0.0146. The number of aliphatic hydroxyl groups excluding tert-OH is 2. The summed E-state index contributed by atoms with van der Waals surface area (Å²) in [5, 5.41) is 20.7. The van der Waals surface area contributed by atoms with Gasteiger partial charge in [0.05, 0.1) is 26.4 Å². The van der Waals surface area contributed by atoms with Crippen LogP contribution < -0.4 is 0 Å². The van der Waals surface area contributed by atoms with Crippen LogP contribution in [0, 0.1) is 0 Å². The summed E-state index contributed by atoms with van der Waals surface area (Å²) in [6.45, 7) is 2.29. The van der Waals surface area contributed by atoms with E-state index >= 15 is 0 Å². The van der Waals surface area contributed by atoms with Crippen LogP contribution in [0.15, 0.2) is 182 Å². The lowest BCUT2D eigenvalue weighted by molar-refractivity contribution is -0.161. The number of unbranched alkanes of at least 4 members (excludes halogenated alkanes) is 29. The van der Waals surface area contributed by atoms with E-state index in [4.69, 9.17) is 32.3 Å². The number of phosphoric acid groups is 2. The van der Waals surface area contributed by atoms with Crippen LogP contribution in [0.1, 0.15) is 342 Å². The highest BCUT2D eigenvalue weighted by molar-refractivity contribution is 7.47. The molecule has 0 aromatic carbocycles. The second-order valence-corrected chi connectivity index (χ2v) is 31.8. The predicted molar refractivity (Wildman–Crippen MR) is 472 cm³/mol. The van der Waals surface area contributed by atoms with Crippen LogP contribution in [0.4, 0.5) is 0 Å². The molecule has 0 heterocycles. The van der Waals surface area contributed by atoms with Crippen molar-refractivity contribution in [2.75, 3.05) is 39.6 Å². The summed E-state index contributed by atoms with van der Waals surface area (Å²) in [5.41, 5.74) is 0. The van der Waals surface area contributed by atoms with Gasteiger partial charge in [-0.3, -0.25) is 32.5 Å². The van der Waals surface area contributed by atoms with Crippen LogP contribution in [0.2, 0.25) is 0 Å². The molecular weight excluding hydrogens is 1460 g/mol. The molecule has 113 heavy (non-hydrogen) atoms. The first-order chi connectivity index (χ1) is 55.2. The van der Waals surface area contributed by atoms with E-state index in [0.717, 1.165) is 148 Å². The average molecular weight is 1620 g/mol. The van der Waals surface area contributed by atoms with Crippen molar-refractivity contribution in [3.8, 4) is 0 Å². The van der Waals surface area contributed by atoms with E-state index in [0.29, 0.717) is 25.7 Å². The third kappa shape index (κ3) is 87.3. The summed E-state index contributed by atoms with van der Waals surface area (Å²) in [7, 11) is -9.83. The van der Waals surface area contributed by atoms with Crippen LogP contribution in [0.25, 0.3) is 0 Å². The molecule has 0 fully saturated rings. The number of carbonyl (C=O) groups is 3. The van der Waals surface area contributed by atoms with Gasteiger partial charge in [-0.2, -0.15) is 0 Å². The van der Waals surface area contributed by atoms with Gasteiger partial charge in [-0.25, -0.2) is 9.13 Å². The van der Waals surface area contributed by atoms with E-state index in [1.807, 2.05) is 12.2 Å². The van der Waals surface area contributed by atoms with Crippen molar-refractivity contribution >= 4 is 33.6 Å². The molecule has 0 aromatic heterocycles. The van der Waals surface area contributed by atoms with Gasteiger partial charge in [0.2, 0.25) is 0 Å². The number of carbonyl (C=O) groups excluding carboxylic acids is 3. The second-order valence-electron chi connectivity index (χ2n) is 28.9. The predicted octanol–water partition coefficient (Wildman–Crippen LogP) is 26.9. The Balaban J connectivity index is 4.53. The van der Waals surface area contributed by atoms with Crippen molar-refractivity contribution in [1.29, 1.82) is 0 Å². The highest BCUT2D eigenvalue weighted by Crippen LogP contribution is 2.45. The first-order valence-corrected chi connectivity index (χ1v) is 47.1. The summed E-state index contributed by atoms with van der Waals surface area (Å²) in [5.74, 6) is -1.65. The van der Waals surface area contributed by atoms with Crippen LogP contribution in [-0.4, -0.2) is 95.9 Å². The molecule has 0 aliphatic heterocycles. The molecule has 4 N–H and O–H groups in total. The van der Waals surface area contributed by atoms with Gasteiger partial charge >= 0.3 is 33.6 Å². The summed E-state index contributed by atoms with van der Waals surface area (Å²) in [6.07, 6.45) is 112. The Kier molecular flexibility index (Phi) is 81.9. The molecule has 0 aliphatic rings. The number of esters is 3. The topological polar surface area (TPSA) is 231 Å². The molecule has 0 radical (unpaired) electrons. The normalized spacial score (nSPS) is 14.7. The van der Waals surface area contributed by atoms with Crippen molar-refractivity contribution in [3.05, 3.63) is 182 Å². The Labute approximate surface area is 687 Å². The summed E-state index contributed by atoms with van der Waals surface area (Å²) >= 11 is 0. The zero-order valence-electron chi connectivity index (χ0n) is 70.7. The maximum atomic E-state index is 13.0. The molecule has 0 saturated heterocycles. The van der Waals surface area contributed by atoms with E-state index < -0.39 is 91.5 Å². The van der Waals surface area contributed by atoms with E-state index in [2.05, 4.69) is 191 Å². The fourth-order valence-electron chi connectivity index (χ4n) is 11.5. The third-order valence-corrected chi connectivity index (χ3v) is 20.0. The fourth-order valence-corrected chi connectivity index (χ4v) is 13.1. The number of aliphatic hydroxyl groups is 2. The third-order valence-electron chi connectivity index (χ3n) is 18.1. The van der Waals surface area contributed by atoms with Gasteiger partial charge in [-0.15, -0.1) is 0 Å². The summed E-state index contributed by atoms with van der Waals surface area (Å²) in [6, 6.07) is 0. The molecule has 5 unspecified atom stereocenters. The van der Waals surface area contributed by atoms with Crippen molar-refractivity contribution in [3.63, 3.8) is 0 Å². The Morgan fingerprint density at radius 1 is 0.248 bits per heavy atom. The minimum absolute atomic E-state index is 0.0207. The summed E-state index contributed by atoms with van der Waals surface area (Å²) in [4.78, 5) is 58.8. The molecule has 0 amide bonds. The molecule has 16 nitrogen and oxygen atoms in total. The highest BCUT2D eigenvalue weighted by Gasteiger charge is 2.29. The standard InChI is InChI=1S/C95H158O16P2/c1-4-7-10-13-16-19-22-25-28-31-33-35-37-39-41-42-43-44-45-46-48-50-51-53-55-58-60-63-66-69-72-75-78-81-93(98)105-84-90(96)85-107-112(101,102)108-86-91(97)87-109-113(103,104)110-89-92(111-95(100)83-80-77-74-71-68-65-62-57-30-27-24-21-18-15-12-9-6-3)88-106-94(99)82-79-76-73-70-67-64-61-59-56-54-52-49-47-40-38-36-34-32-29-26-23-20-17-14-11-8-5-2/h7-12,16-21,25-30,33-36,39-41,47,62,65,71,74,90-92,96-97H,4-6,13-15,22-24,31-32,37-38,42-46,48-61,63-64,66-70,72-73,75-89H2,1-3H3,(H,101,102)(H,103,104)/b10-7-,11-8-,12-9-,19-16-,20-17-,21-18-,28-25-,29-26-,30-27-,35-33-,36-34-,41-39-,47-40-,65-62-,74-71-. The number of hydrogen-bond acceptors (Lipinski definition) is 14. The minimum Gasteiger partial charge on any atom is -0.463 e. The van der Waals surface area contributed by atoms with Gasteiger partial charge in [0.25, 0.3) is 0 Å².